The van der Waals surface area contributed by atoms with Crippen molar-refractivity contribution in [1.29, 1.82) is 0 Å². The quantitative estimate of drug-likeness (QED) is 0.361. The Balaban J connectivity index is 1.76. The number of aromatic amines is 1. The second-order valence-electron chi connectivity index (χ2n) is 7.07. The molecule has 0 saturated heterocycles. The van der Waals surface area contributed by atoms with Gasteiger partial charge in [-0.2, -0.15) is 5.10 Å². The molecular formula is C25H22N4O3. The van der Waals surface area contributed by atoms with Crippen LogP contribution in [0.15, 0.2) is 94.8 Å². The third-order valence-electron chi connectivity index (χ3n) is 5.01. The standard InChI is InChI=1S/C25H22N4O3/c1-17(26-27-24(30)19-11-7-4-8-12-19)22-23(18-9-5-3-6-10-18)28-29(25(22)31)20-13-15-21(32-2)16-14-20/h3-16,28H,1-2H3,(H,27,30). The van der Waals surface area contributed by atoms with Crippen LogP contribution in [0.4, 0.5) is 0 Å². The summed E-state index contributed by atoms with van der Waals surface area (Å²) in [6.45, 7) is 1.70. The van der Waals surface area contributed by atoms with Crippen LogP contribution < -0.4 is 15.7 Å². The van der Waals surface area contributed by atoms with Gasteiger partial charge in [0.1, 0.15) is 5.75 Å². The van der Waals surface area contributed by atoms with Crippen LogP contribution in [0.3, 0.4) is 0 Å². The van der Waals surface area contributed by atoms with Crippen molar-refractivity contribution in [2.45, 2.75) is 6.92 Å². The first-order chi connectivity index (χ1) is 15.6. The zero-order valence-corrected chi connectivity index (χ0v) is 17.7. The van der Waals surface area contributed by atoms with E-state index in [0.717, 1.165) is 5.56 Å². The van der Waals surface area contributed by atoms with Gasteiger partial charge >= 0.3 is 0 Å². The summed E-state index contributed by atoms with van der Waals surface area (Å²) >= 11 is 0. The molecule has 1 heterocycles. The van der Waals surface area contributed by atoms with E-state index in [1.54, 1.807) is 62.6 Å². The second kappa shape index (κ2) is 9.18. The first-order valence-corrected chi connectivity index (χ1v) is 10.0. The van der Waals surface area contributed by atoms with Gasteiger partial charge < -0.3 is 4.74 Å². The van der Waals surface area contributed by atoms with Crippen molar-refractivity contribution in [2.75, 3.05) is 7.11 Å². The molecule has 2 N–H and O–H groups in total. The van der Waals surface area contributed by atoms with Crippen molar-refractivity contribution in [2.24, 2.45) is 5.10 Å². The number of carbonyl (C=O) groups excluding carboxylic acids is 1. The lowest BCUT2D eigenvalue weighted by Crippen LogP contribution is -2.23. The third kappa shape index (κ3) is 4.22. The van der Waals surface area contributed by atoms with E-state index >= 15 is 0 Å². The molecule has 32 heavy (non-hydrogen) atoms. The van der Waals surface area contributed by atoms with E-state index in [4.69, 9.17) is 4.74 Å². The van der Waals surface area contributed by atoms with Crippen molar-refractivity contribution < 1.29 is 9.53 Å². The molecule has 0 aliphatic carbocycles. The molecule has 0 unspecified atom stereocenters. The Labute approximate surface area is 185 Å². The molecule has 0 fully saturated rings. The minimum atomic E-state index is -0.350. The molecule has 7 heteroatoms. The number of hydrogen-bond acceptors (Lipinski definition) is 4. The number of nitrogens with zero attached hydrogens (tertiary/aromatic N) is 2. The number of methoxy groups -OCH3 is 1. The highest BCUT2D eigenvalue weighted by atomic mass is 16.5. The zero-order chi connectivity index (χ0) is 22.5. The van der Waals surface area contributed by atoms with Gasteiger partial charge in [0, 0.05) is 11.1 Å². The van der Waals surface area contributed by atoms with Crippen molar-refractivity contribution in [3.8, 4) is 22.7 Å². The van der Waals surface area contributed by atoms with E-state index in [-0.39, 0.29) is 11.5 Å². The van der Waals surface area contributed by atoms with Crippen LogP contribution in [-0.2, 0) is 0 Å². The van der Waals surface area contributed by atoms with Crippen LogP contribution in [0.5, 0.6) is 5.75 Å². The molecule has 3 aromatic carbocycles. The number of hydrogen-bond donors (Lipinski definition) is 2. The summed E-state index contributed by atoms with van der Waals surface area (Å²) in [5.41, 5.74) is 5.61. The Morgan fingerprint density at radius 3 is 2.19 bits per heavy atom. The van der Waals surface area contributed by atoms with Crippen LogP contribution >= 0.6 is 0 Å². The molecule has 0 spiro atoms. The highest BCUT2D eigenvalue weighted by molar-refractivity contribution is 6.04. The maximum atomic E-state index is 13.4. The number of ether oxygens (including phenoxy) is 1. The third-order valence-corrected chi connectivity index (χ3v) is 5.01. The van der Waals surface area contributed by atoms with Crippen molar-refractivity contribution in [1.82, 2.24) is 15.2 Å². The fourth-order valence-electron chi connectivity index (χ4n) is 3.34. The molecule has 0 aliphatic rings. The number of carbonyl (C=O) groups is 1. The van der Waals surface area contributed by atoms with E-state index < -0.39 is 0 Å². The molecule has 1 amide bonds. The fourth-order valence-corrected chi connectivity index (χ4v) is 3.34. The predicted molar refractivity (Wildman–Crippen MR) is 124 cm³/mol. The molecule has 1 aromatic heterocycles. The summed E-state index contributed by atoms with van der Waals surface area (Å²) in [5.74, 6) is 0.343. The van der Waals surface area contributed by atoms with E-state index in [9.17, 15) is 9.59 Å². The largest absolute Gasteiger partial charge is 0.497 e. The summed E-state index contributed by atoms with van der Waals surface area (Å²) in [4.78, 5) is 25.8. The minimum Gasteiger partial charge on any atom is -0.497 e. The molecule has 7 nitrogen and oxygen atoms in total. The molecule has 160 valence electrons. The SMILES string of the molecule is COc1ccc(-n2[nH]c(-c3ccccc3)c(C(C)=NNC(=O)c3ccccc3)c2=O)cc1. The molecule has 0 saturated carbocycles. The molecule has 0 bridgehead atoms. The summed E-state index contributed by atoms with van der Waals surface area (Å²) in [5, 5.41) is 7.41. The normalized spacial score (nSPS) is 11.2. The number of amides is 1. The Bertz CT molecular complexity index is 1310. The Morgan fingerprint density at radius 2 is 1.56 bits per heavy atom. The lowest BCUT2D eigenvalue weighted by molar-refractivity contribution is 0.0955. The van der Waals surface area contributed by atoms with Gasteiger partial charge in [-0.3, -0.25) is 14.7 Å². The average molecular weight is 426 g/mol. The van der Waals surface area contributed by atoms with Crippen LogP contribution in [0, 0.1) is 0 Å². The zero-order valence-electron chi connectivity index (χ0n) is 17.7. The van der Waals surface area contributed by atoms with Gasteiger partial charge in [0.15, 0.2) is 0 Å². The lowest BCUT2D eigenvalue weighted by Gasteiger charge is -2.04. The fraction of sp³-hybridized carbons (Fsp3) is 0.0800. The molecule has 0 atom stereocenters. The van der Waals surface area contributed by atoms with Gasteiger partial charge in [0.05, 0.1) is 29.8 Å². The van der Waals surface area contributed by atoms with E-state index in [1.807, 2.05) is 36.4 Å². The topological polar surface area (TPSA) is 88.5 Å². The number of hydrazone groups is 1. The minimum absolute atomic E-state index is 0.274. The van der Waals surface area contributed by atoms with E-state index in [1.165, 1.54) is 4.68 Å². The summed E-state index contributed by atoms with van der Waals surface area (Å²) in [7, 11) is 1.59. The number of nitrogens with one attached hydrogen (secondary N) is 2. The second-order valence-corrected chi connectivity index (χ2v) is 7.07. The van der Waals surface area contributed by atoms with E-state index in [2.05, 4.69) is 15.6 Å². The molecule has 0 radical (unpaired) electrons. The molecule has 0 aliphatic heterocycles. The van der Waals surface area contributed by atoms with Gasteiger partial charge in [-0.1, -0.05) is 48.5 Å². The Hall–Kier alpha value is -4.39. The average Bonchev–Trinajstić information content (AvgIpc) is 3.20. The van der Waals surface area contributed by atoms with Crippen LogP contribution in [-0.4, -0.2) is 28.5 Å². The number of aromatic nitrogens is 2. The van der Waals surface area contributed by atoms with E-state index in [0.29, 0.717) is 34.0 Å². The van der Waals surface area contributed by atoms with Crippen LogP contribution in [0.25, 0.3) is 16.9 Å². The predicted octanol–water partition coefficient (Wildman–Crippen LogP) is 4.00. The smallest absolute Gasteiger partial charge is 0.281 e. The maximum absolute atomic E-state index is 13.4. The first kappa shape index (κ1) is 20.9. The van der Waals surface area contributed by atoms with Crippen LogP contribution in [0.1, 0.15) is 22.8 Å². The summed E-state index contributed by atoms with van der Waals surface area (Å²) in [6, 6.07) is 25.4. The Kier molecular flexibility index (Phi) is 5.98. The highest BCUT2D eigenvalue weighted by Crippen LogP contribution is 2.22. The maximum Gasteiger partial charge on any atom is 0.281 e. The molecule has 4 aromatic rings. The monoisotopic (exact) mass is 426 g/mol. The van der Waals surface area contributed by atoms with Crippen molar-refractivity contribution in [3.05, 3.63) is 106 Å². The van der Waals surface area contributed by atoms with Gasteiger partial charge in [0.2, 0.25) is 0 Å². The van der Waals surface area contributed by atoms with Gasteiger partial charge in [-0.15, -0.1) is 0 Å². The first-order valence-electron chi connectivity index (χ1n) is 10.0. The van der Waals surface area contributed by atoms with Crippen molar-refractivity contribution >= 4 is 11.6 Å². The number of H-pyrrole nitrogens is 1. The number of rotatable bonds is 6. The molecule has 4 rings (SSSR count). The highest BCUT2D eigenvalue weighted by Gasteiger charge is 2.19. The van der Waals surface area contributed by atoms with Gasteiger partial charge in [-0.05, 0) is 43.3 Å². The van der Waals surface area contributed by atoms with Crippen LogP contribution in [0.2, 0.25) is 0 Å². The summed E-state index contributed by atoms with van der Waals surface area (Å²) < 4.78 is 6.66. The molecular weight excluding hydrogens is 404 g/mol. The lowest BCUT2D eigenvalue weighted by atomic mass is 10.1. The number of benzene rings is 3. The van der Waals surface area contributed by atoms with Crippen molar-refractivity contribution in [3.63, 3.8) is 0 Å². The van der Waals surface area contributed by atoms with Gasteiger partial charge in [0.25, 0.3) is 11.5 Å². The summed E-state index contributed by atoms with van der Waals surface area (Å²) in [6.07, 6.45) is 0. The van der Waals surface area contributed by atoms with Gasteiger partial charge in [-0.25, -0.2) is 10.1 Å². The Morgan fingerprint density at radius 1 is 0.938 bits per heavy atom.